The molecule has 1 N–H and O–H groups in total. The summed E-state index contributed by atoms with van der Waals surface area (Å²) in [6, 6.07) is 5.56. The summed E-state index contributed by atoms with van der Waals surface area (Å²) in [7, 11) is -3.90. The number of ketones is 1. The van der Waals surface area contributed by atoms with E-state index in [0.29, 0.717) is 0 Å². The van der Waals surface area contributed by atoms with Crippen LogP contribution in [0, 0.1) is 0 Å². The van der Waals surface area contributed by atoms with E-state index < -0.39 is 15.9 Å². The largest absolute Gasteiger partial charge is 0.295 e. The Labute approximate surface area is 110 Å². The highest BCUT2D eigenvalue weighted by Crippen LogP contribution is 2.12. The first-order chi connectivity index (χ1) is 8.36. The van der Waals surface area contributed by atoms with Crippen molar-refractivity contribution in [3.8, 4) is 0 Å². The van der Waals surface area contributed by atoms with Gasteiger partial charge in [-0.25, -0.2) is 13.1 Å². The number of amides is 1. The van der Waals surface area contributed by atoms with Crippen LogP contribution in [-0.2, 0) is 14.8 Å². The number of carbonyl (C=O) groups excluding carboxylic acids is 2. The van der Waals surface area contributed by atoms with Crippen LogP contribution in [0.5, 0.6) is 0 Å². The number of hydrogen-bond acceptors (Lipinski definition) is 5. The number of hydrogen-bond donors (Lipinski definition) is 1. The third-order valence-corrected chi connectivity index (χ3v) is 4.00. The Balaban J connectivity index is 3.02. The quantitative estimate of drug-likeness (QED) is 0.819. The zero-order valence-corrected chi connectivity index (χ0v) is 11.6. The van der Waals surface area contributed by atoms with Crippen molar-refractivity contribution < 1.29 is 18.0 Å². The van der Waals surface area contributed by atoms with E-state index in [-0.39, 0.29) is 22.0 Å². The fraction of sp³-hybridized carbons (Fsp3) is 0.273. The molecule has 1 aromatic rings. The molecule has 0 saturated heterocycles. The zero-order valence-electron chi connectivity index (χ0n) is 9.97. The lowest BCUT2D eigenvalue weighted by molar-refractivity contribution is -0.116. The molecule has 0 saturated carbocycles. The number of rotatable bonds is 5. The fourth-order valence-corrected chi connectivity index (χ4v) is 2.71. The summed E-state index contributed by atoms with van der Waals surface area (Å²) >= 11 is 1.22. The zero-order chi connectivity index (χ0) is 13.8. The molecule has 1 aromatic carbocycles. The van der Waals surface area contributed by atoms with Gasteiger partial charge < -0.3 is 0 Å². The lowest BCUT2D eigenvalue weighted by atomic mass is 10.2. The maximum Gasteiger partial charge on any atom is 0.264 e. The van der Waals surface area contributed by atoms with E-state index in [2.05, 4.69) is 0 Å². The molecular formula is C11H13NO4S2. The molecule has 0 fully saturated rings. The van der Waals surface area contributed by atoms with Crippen LogP contribution in [-0.4, -0.2) is 32.1 Å². The molecule has 0 radical (unpaired) electrons. The van der Waals surface area contributed by atoms with Gasteiger partial charge in [-0.1, -0.05) is 12.1 Å². The number of nitrogens with one attached hydrogen (secondary N) is 1. The van der Waals surface area contributed by atoms with E-state index in [4.69, 9.17) is 0 Å². The van der Waals surface area contributed by atoms with Gasteiger partial charge in [0.1, 0.15) is 0 Å². The second-order valence-corrected chi connectivity index (χ2v) is 6.09. The first-order valence-corrected chi connectivity index (χ1v) is 7.90. The maximum absolute atomic E-state index is 11.8. The minimum absolute atomic E-state index is 0.0611. The molecule has 1 amide bonds. The van der Waals surface area contributed by atoms with Crippen molar-refractivity contribution in [3.63, 3.8) is 0 Å². The summed E-state index contributed by atoms with van der Waals surface area (Å²) in [6.45, 7) is 1.35. The summed E-state index contributed by atoms with van der Waals surface area (Å²) in [5, 5.41) is 0. The van der Waals surface area contributed by atoms with Crippen LogP contribution in [0.4, 0.5) is 0 Å². The van der Waals surface area contributed by atoms with Gasteiger partial charge in [0.25, 0.3) is 10.0 Å². The van der Waals surface area contributed by atoms with Gasteiger partial charge in [0.05, 0.1) is 10.6 Å². The lowest BCUT2D eigenvalue weighted by Gasteiger charge is -2.07. The third kappa shape index (κ3) is 3.85. The summed E-state index contributed by atoms with van der Waals surface area (Å²) in [6.07, 6.45) is 1.70. The summed E-state index contributed by atoms with van der Waals surface area (Å²) in [5.41, 5.74) is 0.287. The highest BCUT2D eigenvalue weighted by molar-refractivity contribution is 7.99. The van der Waals surface area contributed by atoms with Gasteiger partial charge in [-0.05, 0) is 25.3 Å². The Morgan fingerprint density at radius 1 is 1.33 bits per heavy atom. The predicted molar refractivity (Wildman–Crippen MR) is 70.2 cm³/mol. The van der Waals surface area contributed by atoms with E-state index in [1.54, 1.807) is 6.26 Å². The van der Waals surface area contributed by atoms with E-state index in [0.717, 1.165) is 0 Å². The molecule has 0 atom stereocenters. The molecule has 0 aliphatic rings. The van der Waals surface area contributed by atoms with E-state index >= 15 is 0 Å². The van der Waals surface area contributed by atoms with Crippen LogP contribution in [0.25, 0.3) is 0 Å². The van der Waals surface area contributed by atoms with Crippen molar-refractivity contribution >= 4 is 33.5 Å². The van der Waals surface area contributed by atoms with Gasteiger partial charge in [-0.2, -0.15) is 11.8 Å². The van der Waals surface area contributed by atoms with Crippen molar-refractivity contribution in [2.24, 2.45) is 0 Å². The summed E-state index contributed by atoms with van der Waals surface area (Å²) in [4.78, 5) is 22.3. The Bertz CT molecular complexity index is 566. The molecule has 0 heterocycles. The number of thioether (sulfide) groups is 1. The topological polar surface area (TPSA) is 80.3 Å². The molecular weight excluding hydrogens is 274 g/mol. The molecule has 98 valence electrons. The average Bonchev–Trinajstić information content (AvgIpc) is 2.28. The molecule has 5 nitrogen and oxygen atoms in total. The first-order valence-electron chi connectivity index (χ1n) is 5.02. The molecule has 0 aliphatic carbocycles. The van der Waals surface area contributed by atoms with Crippen LogP contribution in [0.2, 0.25) is 0 Å². The standard InChI is InChI=1S/C11H13NO4S2/c1-8(13)9-4-3-5-10(6-9)18(15,16)12-11(14)7-17-2/h3-6H,7H2,1-2H3,(H,12,14). The first kappa shape index (κ1) is 14.7. The van der Waals surface area contributed by atoms with Crippen molar-refractivity contribution in [2.75, 3.05) is 12.0 Å². The Morgan fingerprint density at radius 3 is 2.56 bits per heavy atom. The minimum Gasteiger partial charge on any atom is -0.295 e. The number of Topliss-reactive ketones (excluding diaryl/α,β-unsaturated/α-hetero) is 1. The Kier molecular flexibility index (Phi) is 4.92. The number of sulfonamides is 1. The number of benzene rings is 1. The summed E-state index contributed by atoms with van der Waals surface area (Å²) in [5.74, 6) is -0.760. The fourth-order valence-electron chi connectivity index (χ4n) is 1.25. The Hall–Kier alpha value is -1.34. The third-order valence-electron chi connectivity index (χ3n) is 2.07. The van der Waals surface area contributed by atoms with Crippen LogP contribution >= 0.6 is 11.8 Å². The van der Waals surface area contributed by atoms with Gasteiger partial charge in [0, 0.05) is 5.56 Å². The monoisotopic (exact) mass is 287 g/mol. The van der Waals surface area contributed by atoms with E-state index in [9.17, 15) is 18.0 Å². The smallest absolute Gasteiger partial charge is 0.264 e. The number of carbonyl (C=O) groups is 2. The van der Waals surface area contributed by atoms with Crippen molar-refractivity contribution in [1.29, 1.82) is 0 Å². The maximum atomic E-state index is 11.8. The van der Waals surface area contributed by atoms with Crippen LogP contribution < -0.4 is 4.72 Å². The second-order valence-electron chi connectivity index (χ2n) is 3.55. The molecule has 18 heavy (non-hydrogen) atoms. The van der Waals surface area contributed by atoms with Crippen molar-refractivity contribution in [3.05, 3.63) is 29.8 Å². The van der Waals surface area contributed by atoms with Crippen LogP contribution in [0.3, 0.4) is 0 Å². The van der Waals surface area contributed by atoms with Gasteiger partial charge in [0.15, 0.2) is 5.78 Å². The van der Waals surface area contributed by atoms with Crippen LogP contribution in [0.1, 0.15) is 17.3 Å². The SMILES string of the molecule is CSCC(=O)NS(=O)(=O)c1cccc(C(C)=O)c1. The molecule has 0 aromatic heterocycles. The lowest BCUT2D eigenvalue weighted by Crippen LogP contribution is -2.31. The molecule has 0 bridgehead atoms. The van der Waals surface area contributed by atoms with Crippen molar-refractivity contribution in [2.45, 2.75) is 11.8 Å². The van der Waals surface area contributed by atoms with Gasteiger partial charge >= 0.3 is 0 Å². The average molecular weight is 287 g/mol. The van der Waals surface area contributed by atoms with E-state index in [1.165, 1.54) is 43.0 Å². The summed E-state index contributed by atoms with van der Waals surface area (Å²) < 4.78 is 25.6. The molecule has 1 rings (SSSR count). The highest BCUT2D eigenvalue weighted by atomic mass is 32.2. The second kappa shape index (κ2) is 6.01. The molecule has 0 aliphatic heterocycles. The Morgan fingerprint density at radius 2 is 2.00 bits per heavy atom. The van der Waals surface area contributed by atoms with Gasteiger partial charge in [-0.3, -0.25) is 9.59 Å². The molecule has 0 unspecified atom stereocenters. The molecule has 0 spiro atoms. The highest BCUT2D eigenvalue weighted by Gasteiger charge is 2.18. The minimum atomic E-state index is -3.90. The van der Waals surface area contributed by atoms with E-state index in [1.807, 2.05) is 4.72 Å². The molecule has 7 heteroatoms. The van der Waals surface area contributed by atoms with Gasteiger partial charge in [-0.15, -0.1) is 0 Å². The van der Waals surface area contributed by atoms with Gasteiger partial charge in [0.2, 0.25) is 5.91 Å². The predicted octanol–water partition coefficient (Wildman–Crippen LogP) is 1.06. The van der Waals surface area contributed by atoms with Crippen LogP contribution in [0.15, 0.2) is 29.2 Å². The van der Waals surface area contributed by atoms with Crippen molar-refractivity contribution in [1.82, 2.24) is 4.72 Å². The normalized spacial score (nSPS) is 11.0.